The summed E-state index contributed by atoms with van der Waals surface area (Å²) in [5.41, 5.74) is 1.76. The van der Waals surface area contributed by atoms with E-state index >= 15 is 0 Å². The molecule has 0 radical (unpaired) electrons. The zero-order valence-corrected chi connectivity index (χ0v) is 12.1. The van der Waals surface area contributed by atoms with E-state index in [1.807, 2.05) is 12.1 Å². The van der Waals surface area contributed by atoms with E-state index in [-0.39, 0.29) is 0 Å². The minimum atomic E-state index is 0.457. The van der Waals surface area contributed by atoms with Crippen molar-refractivity contribution in [2.24, 2.45) is 5.41 Å². The van der Waals surface area contributed by atoms with Gasteiger partial charge in [0.15, 0.2) is 0 Å². The standard InChI is InChI=1S/C15H23ClN2/c1-15(7-9-18(2)10-8-15)12-17-11-13-3-5-14(16)6-4-13/h3-6,17H,7-12H2,1-2H3. The quantitative estimate of drug-likeness (QED) is 0.901. The second kappa shape index (κ2) is 6.05. The average molecular weight is 267 g/mol. The van der Waals surface area contributed by atoms with Crippen molar-refractivity contribution in [2.45, 2.75) is 26.3 Å². The van der Waals surface area contributed by atoms with Gasteiger partial charge in [-0.1, -0.05) is 30.7 Å². The Kier molecular flexibility index (Phi) is 4.66. The molecule has 2 rings (SSSR count). The van der Waals surface area contributed by atoms with Crippen molar-refractivity contribution in [3.8, 4) is 0 Å². The molecular weight excluding hydrogens is 244 g/mol. The molecule has 1 fully saturated rings. The van der Waals surface area contributed by atoms with Crippen molar-refractivity contribution in [1.82, 2.24) is 10.2 Å². The van der Waals surface area contributed by atoms with Crippen LogP contribution in [-0.4, -0.2) is 31.6 Å². The zero-order valence-electron chi connectivity index (χ0n) is 11.4. The molecule has 0 atom stereocenters. The van der Waals surface area contributed by atoms with Crippen molar-refractivity contribution >= 4 is 11.6 Å². The van der Waals surface area contributed by atoms with Gasteiger partial charge in [0, 0.05) is 18.1 Å². The molecule has 2 nitrogen and oxygen atoms in total. The first-order valence-corrected chi connectivity index (χ1v) is 7.09. The van der Waals surface area contributed by atoms with Crippen LogP contribution in [-0.2, 0) is 6.54 Å². The highest BCUT2D eigenvalue weighted by atomic mass is 35.5. The molecule has 0 amide bonds. The van der Waals surface area contributed by atoms with Gasteiger partial charge in [-0.25, -0.2) is 0 Å². The first-order chi connectivity index (χ1) is 8.57. The van der Waals surface area contributed by atoms with Gasteiger partial charge in [-0.05, 0) is 56.1 Å². The third-order valence-electron chi connectivity index (χ3n) is 3.99. The summed E-state index contributed by atoms with van der Waals surface area (Å²) in [6.07, 6.45) is 2.58. The van der Waals surface area contributed by atoms with Crippen LogP contribution in [0.3, 0.4) is 0 Å². The minimum absolute atomic E-state index is 0.457. The molecule has 0 aliphatic carbocycles. The normalized spacial score (nSPS) is 19.9. The summed E-state index contributed by atoms with van der Waals surface area (Å²) in [6, 6.07) is 8.09. The molecule has 0 unspecified atom stereocenters. The number of nitrogens with zero attached hydrogens (tertiary/aromatic N) is 1. The monoisotopic (exact) mass is 266 g/mol. The Morgan fingerprint density at radius 1 is 1.22 bits per heavy atom. The van der Waals surface area contributed by atoms with Crippen LogP contribution in [0.1, 0.15) is 25.3 Å². The number of likely N-dealkylation sites (tertiary alicyclic amines) is 1. The second-order valence-corrected chi connectivity index (χ2v) is 6.28. The number of piperidine rings is 1. The van der Waals surface area contributed by atoms with Crippen molar-refractivity contribution in [3.05, 3.63) is 34.9 Å². The minimum Gasteiger partial charge on any atom is -0.312 e. The van der Waals surface area contributed by atoms with Gasteiger partial charge in [-0.2, -0.15) is 0 Å². The highest BCUT2D eigenvalue weighted by Crippen LogP contribution is 2.29. The van der Waals surface area contributed by atoms with Crippen LogP contribution in [0.5, 0.6) is 0 Å². The first-order valence-electron chi connectivity index (χ1n) is 6.71. The maximum absolute atomic E-state index is 5.88. The van der Waals surface area contributed by atoms with Gasteiger partial charge < -0.3 is 10.2 Å². The summed E-state index contributed by atoms with van der Waals surface area (Å²) in [4.78, 5) is 2.42. The highest BCUT2D eigenvalue weighted by Gasteiger charge is 2.28. The van der Waals surface area contributed by atoms with Crippen molar-refractivity contribution in [1.29, 1.82) is 0 Å². The Morgan fingerprint density at radius 2 is 1.83 bits per heavy atom. The van der Waals surface area contributed by atoms with Crippen molar-refractivity contribution < 1.29 is 0 Å². The fourth-order valence-corrected chi connectivity index (χ4v) is 2.57. The van der Waals surface area contributed by atoms with E-state index in [0.717, 1.165) is 18.1 Å². The molecule has 1 aliphatic heterocycles. The molecule has 100 valence electrons. The number of benzene rings is 1. The molecule has 3 heteroatoms. The van der Waals surface area contributed by atoms with E-state index in [1.165, 1.54) is 31.5 Å². The Morgan fingerprint density at radius 3 is 2.44 bits per heavy atom. The average Bonchev–Trinajstić information content (AvgIpc) is 2.36. The van der Waals surface area contributed by atoms with Crippen LogP contribution in [0, 0.1) is 5.41 Å². The van der Waals surface area contributed by atoms with E-state index in [4.69, 9.17) is 11.6 Å². The fraction of sp³-hybridized carbons (Fsp3) is 0.600. The van der Waals surface area contributed by atoms with Gasteiger partial charge in [0.05, 0.1) is 0 Å². The van der Waals surface area contributed by atoms with Gasteiger partial charge in [0.1, 0.15) is 0 Å². The molecule has 1 N–H and O–H groups in total. The molecule has 0 spiro atoms. The van der Waals surface area contributed by atoms with E-state index in [2.05, 4.69) is 36.3 Å². The number of halogens is 1. The Balaban J connectivity index is 1.76. The molecule has 1 saturated heterocycles. The molecule has 18 heavy (non-hydrogen) atoms. The largest absolute Gasteiger partial charge is 0.312 e. The fourth-order valence-electron chi connectivity index (χ4n) is 2.45. The third-order valence-corrected chi connectivity index (χ3v) is 4.24. The summed E-state index contributed by atoms with van der Waals surface area (Å²) in [5, 5.41) is 4.39. The lowest BCUT2D eigenvalue weighted by Gasteiger charge is -2.38. The van der Waals surface area contributed by atoms with Gasteiger partial charge >= 0.3 is 0 Å². The second-order valence-electron chi connectivity index (χ2n) is 5.84. The predicted molar refractivity (Wildman–Crippen MR) is 78.0 cm³/mol. The topological polar surface area (TPSA) is 15.3 Å². The maximum atomic E-state index is 5.88. The highest BCUT2D eigenvalue weighted by molar-refractivity contribution is 6.30. The Labute approximate surface area is 115 Å². The maximum Gasteiger partial charge on any atom is 0.0406 e. The molecule has 1 aliphatic rings. The van der Waals surface area contributed by atoms with E-state index in [1.54, 1.807) is 0 Å². The SMILES string of the molecule is CN1CCC(C)(CNCc2ccc(Cl)cc2)CC1. The molecular formula is C15H23ClN2. The lowest BCUT2D eigenvalue weighted by molar-refractivity contribution is 0.137. The van der Waals surface area contributed by atoms with Gasteiger partial charge in [-0.15, -0.1) is 0 Å². The first kappa shape index (κ1) is 13.9. The van der Waals surface area contributed by atoms with Crippen LogP contribution in [0.25, 0.3) is 0 Å². The van der Waals surface area contributed by atoms with Crippen LogP contribution in [0.4, 0.5) is 0 Å². The third kappa shape index (κ3) is 3.98. The van der Waals surface area contributed by atoms with Crippen molar-refractivity contribution in [2.75, 3.05) is 26.7 Å². The predicted octanol–water partition coefficient (Wildman–Crippen LogP) is 3.16. The number of hydrogen-bond donors (Lipinski definition) is 1. The summed E-state index contributed by atoms with van der Waals surface area (Å²) < 4.78 is 0. The zero-order chi connectivity index (χ0) is 13.0. The molecule has 0 bridgehead atoms. The van der Waals surface area contributed by atoms with Gasteiger partial charge in [0.2, 0.25) is 0 Å². The number of nitrogens with one attached hydrogen (secondary N) is 1. The molecule has 0 aromatic heterocycles. The van der Waals surface area contributed by atoms with Crippen LogP contribution >= 0.6 is 11.6 Å². The summed E-state index contributed by atoms with van der Waals surface area (Å²) in [7, 11) is 2.21. The molecule has 1 heterocycles. The lowest BCUT2D eigenvalue weighted by atomic mass is 9.80. The van der Waals surface area contributed by atoms with Crippen LogP contribution < -0.4 is 5.32 Å². The Hall–Kier alpha value is -0.570. The Bertz CT molecular complexity index is 367. The van der Waals surface area contributed by atoms with E-state index in [9.17, 15) is 0 Å². The smallest absolute Gasteiger partial charge is 0.0406 e. The lowest BCUT2D eigenvalue weighted by Crippen LogP contribution is -2.41. The van der Waals surface area contributed by atoms with E-state index in [0.29, 0.717) is 5.41 Å². The van der Waals surface area contributed by atoms with Gasteiger partial charge in [0.25, 0.3) is 0 Å². The molecule has 0 saturated carbocycles. The summed E-state index contributed by atoms with van der Waals surface area (Å²) in [5.74, 6) is 0. The van der Waals surface area contributed by atoms with Crippen LogP contribution in [0.2, 0.25) is 5.02 Å². The number of hydrogen-bond acceptors (Lipinski definition) is 2. The molecule has 1 aromatic rings. The van der Waals surface area contributed by atoms with Gasteiger partial charge in [-0.3, -0.25) is 0 Å². The van der Waals surface area contributed by atoms with E-state index < -0.39 is 0 Å². The summed E-state index contributed by atoms with van der Waals surface area (Å²) in [6.45, 7) is 6.87. The molecule has 1 aromatic carbocycles. The summed E-state index contributed by atoms with van der Waals surface area (Å²) >= 11 is 5.88. The van der Waals surface area contributed by atoms with Crippen molar-refractivity contribution in [3.63, 3.8) is 0 Å². The van der Waals surface area contributed by atoms with Crippen LogP contribution in [0.15, 0.2) is 24.3 Å². The number of rotatable bonds is 4.